The monoisotopic (exact) mass is 463 g/mol. The number of esters is 1. The number of likely N-dealkylation sites (tertiary alicyclic amines) is 1. The zero-order valence-electron chi connectivity index (χ0n) is 18.8. The summed E-state index contributed by atoms with van der Waals surface area (Å²) in [7, 11) is 0. The van der Waals surface area contributed by atoms with E-state index < -0.39 is 11.6 Å². The Labute approximate surface area is 196 Å². The zero-order valence-corrected chi connectivity index (χ0v) is 19.6. The lowest BCUT2D eigenvalue weighted by Gasteiger charge is -2.24. The van der Waals surface area contributed by atoms with Gasteiger partial charge >= 0.3 is 12.1 Å². The van der Waals surface area contributed by atoms with Crippen LogP contribution < -0.4 is 4.72 Å². The van der Waals surface area contributed by atoms with Crippen LogP contribution in [0.15, 0.2) is 53.6 Å². The highest BCUT2D eigenvalue weighted by Crippen LogP contribution is 2.45. The van der Waals surface area contributed by atoms with E-state index in [1.165, 1.54) is 11.9 Å². The topological polar surface area (TPSA) is 80.8 Å². The second-order valence-corrected chi connectivity index (χ2v) is 10.1. The molecule has 0 radical (unpaired) electrons. The summed E-state index contributed by atoms with van der Waals surface area (Å²) in [6.45, 7) is 6.34. The number of hydrogen-bond acceptors (Lipinski definition) is 7. The maximum Gasteiger partial charge on any atom is 0.410 e. The number of ether oxygens (including phenoxy) is 2. The van der Waals surface area contributed by atoms with Crippen molar-refractivity contribution < 1.29 is 19.1 Å². The van der Waals surface area contributed by atoms with Crippen molar-refractivity contribution >= 4 is 40.6 Å². The van der Waals surface area contributed by atoms with Gasteiger partial charge in [0.2, 0.25) is 0 Å². The Bertz CT molecular complexity index is 1250. The molecule has 0 saturated carbocycles. The zero-order chi connectivity index (χ0) is 23.2. The number of pyridine rings is 1. The van der Waals surface area contributed by atoms with Crippen molar-refractivity contribution in [3.05, 3.63) is 54.2 Å². The standard InChI is InChI=1S/C25H25N3O4S/c1-25(2,3)32-24(30)28-12-10-17(14-28)31-23(29)16-7-9-20-19(13-16)18-8-6-15-5-4-11-26-21(15)22(18)27-33-20/h4-9,11,13,17,27H,10,12,14H2,1-3H3. The van der Waals surface area contributed by atoms with Crippen molar-refractivity contribution in [1.29, 1.82) is 0 Å². The number of hydrogen-bond donors (Lipinski definition) is 1. The lowest BCUT2D eigenvalue weighted by Crippen LogP contribution is -2.36. The molecule has 1 aromatic heterocycles. The molecule has 1 saturated heterocycles. The summed E-state index contributed by atoms with van der Waals surface area (Å²) in [5, 5.41) is 1.05. The van der Waals surface area contributed by atoms with Crippen molar-refractivity contribution in [2.75, 3.05) is 17.8 Å². The number of nitrogens with one attached hydrogen (secondary N) is 1. The summed E-state index contributed by atoms with van der Waals surface area (Å²) < 4.78 is 14.5. The minimum atomic E-state index is -0.557. The van der Waals surface area contributed by atoms with Gasteiger partial charge in [-0.2, -0.15) is 0 Å². The molecule has 0 aliphatic carbocycles. The number of nitrogens with zero attached hydrogens (tertiary/aromatic N) is 2. The first kappa shape index (κ1) is 21.6. The molecule has 170 valence electrons. The fourth-order valence-corrected chi connectivity index (χ4v) is 4.91. The molecule has 8 heteroatoms. The van der Waals surface area contributed by atoms with Gasteiger partial charge in [0, 0.05) is 40.6 Å². The maximum atomic E-state index is 12.9. The first-order valence-corrected chi connectivity index (χ1v) is 11.7. The van der Waals surface area contributed by atoms with Crippen LogP contribution in [0.1, 0.15) is 37.6 Å². The summed E-state index contributed by atoms with van der Waals surface area (Å²) in [6.07, 6.45) is 1.64. The Kier molecular flexibility index (Phi) is 5.40. The van der Waals surface area contributed by atoms with Crippen LogP contribution in [-0.4, -0.2) is 46.7 Å². The van der Waals surface area contributed by atoms with Crippen molar-refractivity contribution in [2.24, 2.45) is 0 Å². The highest BCUT2D eigenvalue weighted by atomic mass is 32.2. The van der Waals surface area contributed by atoms with E-state index in [0.717, 1.165) is 32.6 Å². The maximum absolute atomic E-state index is 12.9. The number of carbonyl (C=O) groups is 2. The Morgan fingerprint density at radius 3 is 2.82 bits per heavy atom. The van der Waals surface area contributed by atoms with E-state index in [2.05, 4.69) is 15.8 Å². The molecule has 1 atom stereocenters. The van der Waals surface area contributed by atoms with Crippen LogP contribution in [0.2, 0.25) is 0 Å². The molecular weight excluding hydrogens is 438 g/mol. The average molecular weight is 464 g/mol. The normalized spacial score (nSPS) is 17.2. The minimum absolute atomic E-state index is 0.339. The third-order valence-electron chi connectivity index (χ3n) is 5.61. The molecule has 1 unspecified atom stereocenters. The summed E-state index contributed by atoms with van der Waals surface area (Å²) in [4.78, 5) is 32.4. The molecule has 2 aliphatic heterocycles. The lowest BCUT2D eigenvalue weighted by atomic mass is 9.99. The van der Waals surface area contributed by atoms with Crippen LogP contribution in [0.25, 0.3) is 22.0 Å². The van der Waals surface area contributed by atoms with Crippen LogP contribution in [0.5, 0.6) is 0 Å². The molecular formula is C25H25N3O4S. The van der Waals surface area contributed by atoms with Crippen molar-refractivity contribution in [3.8, 4) is 11.1 Å². The van der Waals surface area contributed by atoms with E-state index in [-0.39, 0.29) is 12.2 Å². The van der Waals surface area contributed by atoms with E-state index in [4.69, 9.17) is 9.47 Å². The van der Waals surface area contributed by atoms with Gasteiger partial charge in [-0.05, 0) is 57.0 Å². The fraction of sp³-hybridized carbons (Fsp3) is 0.320. The van der Waals surface area contributed by atoms with Gasteiger partial charge in [-0.3, -0.25) is 4.98 Å². The van der Waals surface area contributed by atoms with Crippen molar-refractivity contribution in [3.63, 3.8) is 0 Å². The van der Waals surface area contributed by atoms with Gasteiger partial charge in [-0.25, -0.2) is 9.59 Å². The van der Waals surface area contributed by atoms with E-state index in [1.807, 2.05) is 51.1 Å². The van der Waals surface area contributed by atoms with E-state index >= 15 is 0 Å². The van der Waals surface area contributed by atoms with E-state index in [1.54, 1.807) is 17.2 Å². The molecule has 33 heavy (non-hydrogen) atoms. The predicted molar refractivity (Wildman–Crippen MR) is 128 cm³/mol. The van der Waals surface area contributed by atoms with Crippen LogP contribution in [0, 0.1) is 0 Å². The summed E-state index contributed by atoms with van der Waals surface area (Å²) in [5.74, 6) is -0.391. The summed E-state index contributed by atoms with van der Waals surface area (Å²) in [5.41, 5.74) is 3.74. The Morgan fingerprint density at radius 1 is 1.15 bits per heavy atom. The van der Waals surface area contributed by atoms with Crippen molar-refractivity contribution in [2.45, 2.75) is 43.8 Å². The van der Waals surface area contributed by atoms with Crippen LogP contribution >= 0.6 is 11.9 Å². The first-order chi connectivity index (χ1) is 15.8. The quantitative estimate of drug-likeness (QED) is 0.397. The number of fused-ring (bicyclic) bond motifs is 5. The predicted octanol–water partition coefficient (Wildman–Crippen LogP) is 5.50. The molecule has 3 aromatic rings. The molecule has 7 nitrogen and oxygen atoms in total. The molecule has 1 N–H and O–H groups in total. The van der Waals surface area contributed by atoms with E-state index in [0.29, 0.717) is 25.1 Å². The molecule has 3 heterocycles. The number of carbonyl (C=O) groups excluding carboxylic acids is 2. The van der Waals surface area contributed by atoms with Gasteiger partial charge in [0.05, 0.1) is 23.3 Å². The number of benzene rings is 2. The fourth-order valence-electron chi connectivity index (χ4n) is 4.07. The van der Waals surface area contributed by atoms with Gasteiger partial charge in [-0.15, -0.1) is 0 Å². The molecule has 0 spiro atoms. The highest BCUT2D eigenvalue weighted by molar-refractivity contribution is 8.00. The smallest absolute Gasteiger partial charge is 0.410 e. The van der Waals surface area contributed by atoms with Gasteiger partial charge in [0.1, 0.15) is 11.7 Å². The van der Waals surface area contributed by atoms with Crippen LogP contribution in [0.3, 0.4) is 0 Å². The first-order valence-electron chi connectivity index (χ1n) is 10.9. The molecule has 1 fully saturated rings. The molecule has 1 amide bonds. The molecule has 2 aliphatic rings. The van der Waals surface area contributed by atoms with Gasteiger partial charge in [0.15, 0.2) is 0 Å². The molecule has 2 aromatic carbocycles. The molecule has 5 rings (SSSR count). The second kappa shape index (κ2) is 8.26. The number of anilines is 1. The SMILES string of the molecule is CC(C)(C)OC(=O)N1CCC(OC(=O)c2ccc3c(c2)-c2ccc4cccnc4c2NS3)C1. The lowest BCUT2D eigenvalue weighted by molar-refractivity contribution is 0.0191. The number of rotatable bonds is 2. The van der Waals surface area contributed by atoms with E-state index in [9.17, 15) is 9.59 Å². The molecule has 0 bridgehead atoms. The Hall–Kier alpha value is -3.26. The minimum Gasteiger partial charge on any atom is -0.457 e. The second-order valence-electron chi connectivity index (χ2n) is 9.22. The third-order valence-corrected chi connectivity index (χ3v) is 6.50. The average Bonchev–Trinajstić information content (AvgIpc) is 3.26. The number of aromatic nitrogens is 1. The van der Waals surface area contributed by atoms with Gasteiger partial charge in [0.25, 0.3) is 0 Å². The largest absolute Gasteiger partial charge is 0.457 e. The third kappa shape index (κ3) is 4.35. The van der Waals surface area contributed by atoms with Crippen molar-refractivity contribution in [1.82, 2.24) is 9.88 Å². The summed E-state index contributed by atoms with van der Waals surface area (Å²) in [6, 6.07) is 13.6. The van der Waals surface area contributed by atoms with Gasteiger partial charge in [-0.1, -0.05) is 18.2 Å². The Morgan fingerprint density at radius 2 is 2.00 bits per heavy atom. The number of amides is 1. The van der Waals surface area contributed by atoms with Gasteiger partial charge < -0.3 is 19.1 Å². The Balaban J connectivity index is 1.33. The highest BCUT2D eigenvalue weighted by Gasteiger charge is 2.32. The van der Waals surface area contributed by atoms with Crippen LogP contribution in [0.4, 0.5) is 10.5 Å². The van der Waals surface area contributed by atoms with Crippen LogP contribution in [-0.2, 0) is 9.47 Å². The summed E-state index contributed by atoms with van der Waals surface area (Å²) >= 11 is 1.51.